The van der Waals surface area contributed by atoms with Gasteiger partial charge in [-0.15, -0.1) is 0 Å². The lowest BCUT2D eigenvalue weighted by atomic mass is 9.98. The van der Waals surface area contributed by atoms with Crippen molar-refractivity contribution in [2.75, 3.05) is 13.7 Å². The first-order chi connectivity index (χ1) is 11.9. The van der Waals surface area contributed by atoms with E-state index < -0.39 is 30.1 Å². The fraction of sp³-hybridized carbons (Fsp3) is 0.833. The highest BCUT2D eigenvalue weighted by Gasteiger charge is 2.28. The zero-order valence-electron chi connectivity index (χ0n) is 16.2. The predicted octanol–water partition coefficient (Wildman–Crippen LogP) is 2.78. The molecule has 0 aliphatic carbocycles. The van der Waals surface area contributed by atoms with Gasteiger partial charge in [0.25, 0.3) is 0 Å². The van der Waals surface area contributed by atoms with Crippen molar-refractivity contribution in [1.29, 1.82) is 0 Å². The number of amides is 2. The number of hydrogen-bond donors (Lipinski definition) is 2. The number of esters is 1. The molecule has 2 N–H and O–H groups in total. The van der Waals surface area contributed by atoms with Gasteiger partial charge in [0.15, 0.2) is 0 Å². The summed E-state index contributed by atoms with van der Waals surface area (Å²) in [6.45, 7) is 7.84. The van der Waals surface area contributed by atoms with Crippen LogP contribution in [0.25, 0.3) is 0 Å². The van der Waals surface area contributed by atoms with Gasteiger partial charge in [0.2, 0.25) is 5.91 Å². The maximum atomic E-state index is 12.4. The topological polar surface area (TPSA) is 93.7 Å². The largest absolute Gasteiger partial charge is 0.464 e. The average molecular weight is 358 g/mol. The number of carbonyl (C=O) groups excluding carboxylic acids is 3. The number of unbranched alkanes of at least 4 members (excludes halogenated alkanes) is 4. The quantitative estimate of drug-likeness (QED) is 0.413. The third-order valence-electron chi connectivity index (χ3n) is 4.16. The molecule has 0 bridgehead atoms. The first-order valence-electron chi connectivity index (χ1n) is 9.18. The fourth-order valence-electron chi connectivity index (χ4n) is 2.25. The van der Waals surface area contributed by atoms with Gasteiger partial charge in [-0.25, -0.2) is 9.59 Å². The van der Waals surface area contributed by atoms with E-state index in [1.807, 2.05) is 13.8 Å². The van der Waals surface area contributed by atoms with E-state index in [0.717, 1.165) is 19.3 Å². The Morgan fingerprint density at radius 2 is 1.60 bits per heavy atom. The van der Waals surface area contributed by atoms with Crippen LogP contribution in [0.4, 0.5) is 4.79 Å². The standard InChI is InChI=1S/C18H34N2O5/c1-6-8-9-10-11-12-25-17(22)14(4)19-16(21)15(13(3)7-2)20-18(23)24-5/h13-15H,6-12H2,1-5H3,(H,19,21)(H,20,23). The smallest absolute Gasteiger partial charge is 0.407 e. The minimum atomic E-state index is -0.769. The number of alkyl carbamates (subject to hydrolysis) is 1. The lowest BCUT2D eigenvalue weighted by molar-refractivity contribution is -0.147. The highest BCUT2D eigenvalue weighted by atomic mass is 16.5. The van der Waals surface area contributed by atoms with Gasteiger partial charge >= 0.3 is 12.1 Å². The summed E-state index contributed by atoms with van der Waals surface area (Å²) in [6, 6.07) is -1.53. The van der Waals surface area contributed by atoms with Gasteiger partial charge in [-0.3, -0.25) is 4.79 Å². The molecule has 2 amide bonds. The Bertz CT molecular complexity index is 414. The second kappa shape index (κ2) is 13.5. The van der Waals surface area contributed by atoms with E-state index in [1.165, 1.54) is 20.0 Å². The fourth-order valence-corrected chi connectivity index (χ4v) is 2.25. The highest BCUT2D eigenvalue weighted by molar-refractivity contribution is 5.89. The van der Waals surface area contributed by atoms with E-state index >= 15 is 0 Å². The summed E-state index contributed by atoms with van der Waals surface area (Å²) >= 11 is 0. The Labute approximate surface area is 151 Å². The summed E-state index contributed by atoms with van der Waals surface area (Å²) in [7, 11) is 1.24. The summed E-state index contributed by atoms with van der Waals surface area (Å²) in [5.41, 5.74) is 0. The van der Waals surface area contributed by atoms with E-state index in [1.54, 1.807) is 6.92 Å². The zero-order chi connectivity index (χ0) is 19.2. The number of ether oxygens (including phenoxy) is 2. The lowest BCUT2D eigenvalue weighted by Crippen LogP contribution is -2.53. The van der Waals surface area contributed by atoms with E-state index in [9.17, 15) is 14.4 Å². The molecule has 0 saturated carbocycles. The molecular weight excluding hydrogens is 324 g/mol. The van der Waals surface area contributed by atoms with E-state index in [2.05, 4.69) is 22.3 Å². The molecule has 25 heavy (non-hydrogen) atoms. The van der Waals surface area contributed by atoms with Crippen molar-refractivity contribution in [1.82, 2.24) is 10.6 Å². The van der Waals surface area contributed by atoms with Gasteiger partial charge in [0, 0.05) is 0 Å². The Balaban J connectivity index is 4.37. The van der Waals surface area contributed by atoms with Crippen molar-refractivity contribution >= 4 is 18.0 Å². The van der Waals surface area contributed by atoms with Gasteiger partial charge in [0.05, 0.1) is 13.7 Å². The Morgan fingerprint density at radius 3 is 2.16 bits per heavy atom. The summed E-state index contributed by atoms with van der Waals surface area (Å²) < 4.78 is 9.74. The van der Waals surface area contributed by atoms with Crippen LogP contribution in [0.5, 0.6) is 0 Å². The van der Waals surface area contributed by atoms with Crippen LogP contribution in [-0.2, 0) is 19.1 Å². The maximum absolute atomic E-state index is 12.4. The molecule has 3 atom stereocenters. The van der Waals surface area contributed by atoms with E-state index in [4.69, 9.17) is 4.74 Å². The Morgan fingerprint density at radius 1 is 0.960 bits per heavy atom. The van der Waals surface area contributed by atoms with Crippen LogP contribution >= 0.6 is 0 Å². The van der Waals surface area contributed by atoms with E-state index in [0.29, 0.717) is 13.0 Å². The normalized spacial score (nSPS) is 14.1. The van der Waals surface area contributed by atoms with Crippen LogP contribution < -0.4 is 10.6 Å². The van der Waals surface area contributed by atoms with E-state index in [-0.39, 0.29) is 5.92 Å². The number of rotatable bonds is 12. The molecule has 0 aliphatic heterocycles. The third-order valence-corrected chi connectivity index (χ3v) is 4.16. The Kier molecular flexibility index (Phi) is 12.5. The molecule has 0 heterocycles. The van der Waals surface area contributed by atoms with Gasteiger partial charge in [-0.05, 0) is 19.3 Å². The van der Waals surface area contributed by atoms with Gasteiger partial charge in [-0.1, -0.05) is 52.9 Å². The zero-order valence-corrected chi connectivity index (χ0v) is 16.2. The molecule has 0 aromatic carbocycles. The molecule has 0 radical (unpaired) electrons. The summed E-state index contributed by atoms with van der Waals surface area (Å²) in [5.74, 6) is -0.988. The average Bonchev–Trinajstić information content (AvgIpc) is 2.61. The summed E-state index contributed by atoms with van der Waals surface area (Å²) in [4.78, 5) is 35.7. The van der Waals surface area contributed by atoms with Crippen molar-refractivity contribution in [3.05, 3.63) is 0 Å². The van der Waals surface area contributed by atoms with Crippen LogP contribution in [0.3, 0.4) is 0 Å². The molecule has 7 heteroatoms. The molecule has 0 rings (SSSR count). The van der Waals surface area contributed by atoms with Crippen molar-refractivity contribution in [3.63, 3.8) is 0 Å². The molecule has 0 aromatic rings. The minimum absolute atomic E-state index is 0.0964. The molecule has 0 fully saturated rings. The van der Waals surface area contributed by atoms with Crippen molar-refractivity contribution in [2.45, 2.75) is 78.3 Å². The number of methoxy groups -OCH3 is 1. The van der Waals surface area contributed by atoms with Crippen LogP contribution in [0.2, 0.25) is 0 Å². The first-order valence-corrected chi connectivity index (χ1v) is 9.18. The van der Waals surface area contributed by atoms with Crippen molar-refractivity contribution in [3.8, 4) is 0 Å². The summed E-state index contributed by atoms with van der Waals surface area (Å²) in [6.07, 6.45) is 5.36. The molecular formula is C18H34N2O5. The lowest BCUT2D eigenvalue weighted by Gasteiger charge is -2.24. The number of carbonyl (C=O) groups is 3. The molecule has 0 spiro atoms. The first kappa shape index (κ1) is 23.2. The maximum Gasteiger partial charge on any atom is 0.407 e. The molecule has 3 unspecified atom stereocenters. The number of hydrogen-bond acceptors (Lipinski definition) is 5. The second-order valence-corrected chi connectivity index (χ2v) is 6.31. The van der Waals surface area contributed by atoms with Crippen LogP contribution in [0.15, 0.2) is 0 Å². The minimum Gasteiger partial charge on any atom is -0.464 e. The summed E-state index contributed by atoms with van der Waals surface area (Å²) in [5, 5.41) is 5.11. The monoisotopic (exact) mass is 358 g/mol. The highest BCUT2D eigenvalue weighted by Crippen LogP contribution is 2.09. The van der Waals surface area contributed by atoms with Crippen molar-refractivity contribution in [2.24, 2.45) is 5.92 Å². The molecule has 7 nitrogen and oxygen atoms in total. The van der Waals surface area contributed by atoms with Gasteiger partial charge in [-0.2, -0.15) is 0 Å². The Hall–Kier alpha value is -1.79. The van der Waals surface area contributed by atoms with Crippen LogP contribution in [0.1, 0.15) is 66.2 Å². The van der Waals surface area contributed by atoms with Gasteiger partial charge in [0.1, 0.15) is 12.1 Å². The molecule has 146 valence electrons. The SMILES string of the molecule is CCCCCCCOC(=O)C(C)NC(=O)C(NC(=O)OC)C(C)CC. The third kappa shape index (κ3) is 9.94. The molecule has 0 aromatic heterocycles. The van der Waals surface area contributed by atoms with Crippen LogP contribution in [0, 0.1) is 5.92 Å². The second-order valence-electron chi connectivity index (χ2n) is 6.31. The molecule has 0 aliphatic rings. The van der Waals surface area contributed by atoms with Crippen molar-refractivity contribution < 1.29 is 23.9 Å². The number of nitrogens with one attached hydrogen (secondary N) is 2. The van der Waals surface area contributed by atoms with Crippen LogP contribution in [-0.4, -0.2) is 43.8 Å². The predicted molar refractivity (Wildman–Crippen MR) is 96.1 cm³/mol. The van der Waals surface area contributed by atoms with Gasteiger partial charge < -0.3 is 20.1 Å². The molecule has 0 saturated heterocycles.